The molecule has 0 atom stereocenters. The molecule has 2 aromatic rings. The fourth-order valence-electron chi connectivity index (χ4n) is 0.806. The number of rotatable bonds is 1. The Balaban J connectivity index is 2.78. The summed E-state index contributed by atoms with van der Waals surface area (Å²) in [5.41, 5.74) is 1.42. The summed E-state index contributed by atoms with van der Waals surface area (Å²) in [6, 6.07) is 1.75. The molecule has 2 aromatic heterocycles. The van der Waals surface area contributed by atoms with Gasteiger partial charge in [0, 0.05) is 6.07 Å². The summed E-state index contributed by atoms with van der Waals surface area (Å²) in [5.74, 6) is 0.495. The molecule has 0 spiro atoms. The highest BCUT2D eigenvalue weighted by atomic mass is 16.4. The molecule has 0 saturated heterocycles. The lowest BCUT2D eigenvalue weighted by Gasteiger charge is -1.75. The molecule has 0 unspecified atom stereocenters. The van der Waals surface area contributed by atoms with Crippen LogP contribution in [0.15, 0.2) is 21.8 Å². The van der Waals surface area contributed by atoms with Crippen LogP contribution < -0.4 is 0 Å². The number of nitrogens with one attached hydrogen (secondary N) is 1. The van der Waals surface area contributed by atoms with E-state index in [1.165, 1.54) is 0 Å². The van der Waals surface area contributed by atoms with Crippen LogP contribution in [0.5, 0.6) is 0 Å². The highest BCUT2D eigenvalue weighted by molar-refractivity contribution is 5.72. The van der Waals surface area contributed by atoms with Crippen molar-refractivity contribution in [2.45, 2.75) is 0 Å². The molecule has 2 rings (SSSR count). The number of fused-ring (bicyclic) bond motifs is 1. The number of nitrogens with zero attached hydrogens (tertiary/aromatic N) is 2. The Morgan fingerprint density at radius 2 is 2.60 bits per heavy atom. The zero-order chi connectivity index (χ0) is 6.97. The van der Waals surface area contributed by atoms with Crippen LogP contribution in [0.2, 0.25) is 0 Å². The summed E-state index contributed by atoms with van der Waals surface area (Å²) in [6.07, 6.45) is 1.57. The molecule has 0 aromatic carbocycles. The predicted octanol–water partition coefficient (Wildman–Crippen LogP) is 1.49. The average molecular weight is 135 g/mol. The molecule has 10 heavy (non-hydrogen) atoms. The Hall–Kier alpha value is -1.58. The van der Waals surface area contributed by atoms with E-state index in [1.54, 1.807) is 12.4 Å². The van der Waals surface area contributed by atoms with Gasteiger partial charge in [-0.05, 0) is 6.72 Å². The van der Waals surface area contributed by atoms with Gasteiger partial charge < -0.3 is 9.40 Å². The first kappa shape index (κ1) is 5.22. The van der Waals surface area contributed by atoms with Crippen molar-refractivity contribution in [3.8, 4) is 0 Å². The van der Waals surface area contributed by atoms with Gasteiger partial charge in [0.15, 0.2) is 0 Å². The molecular formula is C6H5N3O. The minimum atomic E-state index is 0.495. The van der Waals surface area contributed by atoms with Crippen LogP contribution in [0.4, 0.5) is 5.88 Å². The third kappa shape index (κ3) is 0.556. The molecule has 0 saturated carbocycles. The van der Waals surface area contributed by atoms with E-state index in [9.17, 15) is 0 Å². The first-order chi connectivity index (χ1) is 4.90. The number of imidazole rings is 1. The van der Waals surface area contributed by atoms with Crippen molar-refractivity contribution in [2.24, 2.45) is 4.99 Å². The van der Waals surface area contributed by atoms with Gasteiger partial charge >= 0.3 is 0 Å². The first-order valence-electron chi connectivity index (χ1n) is 2.80. The topological polar surface area (TPSA) is 54.2 Å². The predicted molar refractivity (Wildman–Crippen MR) is 37.6 cm³/mol. The molecule has 2 heterocycles. The van der Waals surface area contributed by atoms with Crippen LogP contribution >= 0.6 is 0 Å². The zero-order valence-corrected chi connectivity index (χ0v) is 5.16. The third-order valence-electron chi connectivity index (χ3n) is 1.26. The molecule has 0 aliphatic heterocycles. The van der Waals surface area contributed by atoms with Gasteiger partial charge in [0.1, 0.15) is 5.52 Å². The Labute approximate surface area is 56.6 Å². The number of furan rings is 1. The van der Waals surface area contributed by atoms with E-state index in [0.29, 0.717) is 11.6 Å². The van der Waals surface area contributed by atoms with Crippen molar-refractivity contribution in [2.75, 3.05) is 0 Å². The Kier molecular flexibility index (Phi) is 0.887. The third-order valence-corrected chi connectivity index (χ3v) is 1.26. The number of aliphatic imine (C=N–C) groups is 1. The van der Waals surface area contributed by atoms with Crippen LogP contribution in [0, 0.1) is 0 Å². The van der Waals surface area contributed by atoms with Crippen molar-refractivity contribution in [3.05, 3.63) is 12.4 Å². The van der Waals surface area contributed by atoms with Crippen molar-refractivity contribution in [1.29, 1.82) is 0 Å². The van der Waals surface area contributed by atoms with Gasteiger partial charge in [0.25, 0.3) is 0 Å². The quantitative estimate of drug-likeness (QED) is 0.602. The van der Waals surface area contributed by atoms with Crippen molar-refractivity contribution < 1.29 is 4.42 Å². The maximum atomic E-state index is 5.09. The van der Waals surface area contributed by atoms with Gasteiger partial charge in [-0.2, -0.15) is 0 Å². The molecule has 0 aliphatic carbocycles. The monoisotopic (exact) mass is 135 g/mol. The minimum absolute atomic E-state index is 0.495. The van der Waals surface area contributed by atoms with E-state index in [4.69, 9.17) is 4.42 Å². The van der Waals surface area contributed by atoms with Crippen molar-refractivity contribution in [1.82, 2.24) is 9.97 Å². The van der Waals surface area contributed by atoms with Crippen LogP contribution in [-0.2, 0) is 0 Å². The van der Waals surface area contributed by atoms with Gasteiger partial charge in [-0.15, -0.1) is 0 Å². The summed E-state index contributed by atoms with van der Waals surface area (Å²) in [7, 11) is 0. The number of hydrogen-bond donors (Lipinski definition) is 1. The van der Waals surface area contributed by atoms with E-state index in [1.807, 2.05) is 0 Å². The summed E-state index contributed by atoms with van der Waals surface area (Å²) in [6.45, 7) is 3.32. The lowest BCUT2D eigenvalue weighted by Crippen LogP contribution is -1.53. The maximum Gasteiger partial charge on any atom is 0.246 e. The zero-order valence-electron chi connectivity index (χ0n) is 5.16. The minimum Gasteiger partial charge on any atom is -0.418 e. The number of hydrogen-bond acceptors (Lipinski definition) is 3. The molecule has 0 bridgehead atoms. The van der Waals surface area contributed by atoms with E-state index in [-0.39, 0.29) is 0 Å². The summed E-state index contributed by atoms with van der Waals surface area (Å²) in [4.78, 5) is 10.4. The molecule has 4 nitrogen and oxygen atoms in total. The number of aromatic nitrogens is 2. The molecule has 0 amide bonds. The Morgan fingerprint density at radius 3 is 3.30 bits per heavy atom. The van der Waals surface area contributed by atoms with Crippen LogP contribution in [0.1, 0.15) is 0 Å². The normalized spacial score (nSPS) is 10.4. The van der Waals surface area contributed by atoms with Gasteiger partial charge in [-0.3, -0.25) is 0 Å². The first-order valence-corrected chi connectivity index (χ1v) is 2.80. The average Bonchev–Trinajstić information content (AvgIpc) is 2.42. The molecule has 4 heteroatoms. The summed E-state index contributed by atoms with van der Waals surface area (Å²) < 4.78 is 5.09. The lowest BCUT2D eigenvalue weighted by molar-refractivity contribution is 0.615. The molecule has 1 N–H and O–H groups in total. The fraction of sp³-hybridized carbons (Fsp3) is 0. The van der Waals surface area contributed by atoms with Crippen LogP contribution in [0.25, 0.3) is 11.2 Å². The standard InChI is InChI=1S/C6H5N3O/c1-7-5-2-4-6(10-5)9-3-8-4/h2-3H,1H2,(H,8,9). The van der Waals surface area contributed by atoms with E-state index >= 15 is 0 Å². The van der Waals surface area contributed by atoms with Gasteiger partial charge in [0.05, 0.1) is 6.33 Å². The largest absolute Gasteiger partial charge is 0.418 e. The highest BCUT2D eigenvalue weighted by Crippen LogP contribution is 2.20. The second kappa shape index (κ2) is 1.70. The molecular weight excluding hydrogens is 130 g/mol. The van der Waals surface area contributed by atoms with Crippen molar-refractivity contribution in [3.63, 3.8) is 0 Å². The molecule has 0 radical (unpaired) electrons. The lowest BCUT2D eigenvalue weighted by atomic mass is 10.5. The van der Waals surface area contributed by atoms with E-state index < -0.39 is 0 Å². The maximum absolute atomic E-state index is 5.09. The Morgan fingerprint density at radius 1 is 1.70 bits per heavy atom. The number of H-pyrrole nitrogens is 1. The second-order valence-electron chi connectivity index (χ2n) is 1.86. The van der Waals surface area contributed by atoms with Gasteiger partial charge in [0.2, 0.25) is 11.6 Å². The molecule has 50 valence electrons. The number of aromatic amines is 1. The highest BCUT2D eigenvalue weighted by Gasteiger charge is 2.01. The van der Waals surface area contributed by atoms with Crippen LogP contribution in [0.3, 0.4) is 0 Å². The van der Waals surface area contributed by atoms with E-state index in [0.717, 1.165) is 5.52 Å². The SMILES string of the molecule is C=Nc1cc2[nH]cnc2o1. The summed E-state index contributed by atoms with van der Waals surface area (Å²) >= 11 is 0. The summed E-state index contributed by atoms with van der Waals surface area (Å²) in [5, 5.41) is 0. The van der Waals surface area contributed by atoms with Crippen molar-refractivity contribution >= 4 is 23.8 Å². The molecule has 0 aliphatic rings. The van der Waals surface area contributed by atoms with Gasteiger partial charge in [-0.25, -0.2) is 9.98 Å². The second-order valence-corrected chi connectivity index (χ2v) is 1.86. The smallest absolute Gasteiger partial charge is 0.246 e. The fourth-order valence-corrected chi connectivity index (χ4v) is 0.806. The van der Waals surface area contributed by atoms with Crippen LogP contribution in [-0.4, -0.2) is 16.7 Å². The van der Waals surface area contributed by atoms with Gasteiger partial charge in [-0.1, -0.05) is 0 Å². The molecule has 0 fully saturated rings. The Bertz CT molecular complexity index is 331. The van der Waals surface area contributed by atoms with E-state index in [2.05, 4.69) is 21.7 Å².